The number of carbonyl (C=O) groups excluding carboxylic acids is 4. The van der Waals surface area contributed by atoms with Crippen molar-refractivity contribution >= 4 is 23.6 Å². The molecule has 1 atom stereocenters. The predicted molar refractivity (Wildman–Crippen MR) is 104 cm³/mol. The normalized spacial score (nSPS) is 19.8. The third kappa shape index (κ3) is 3.71. The van der Waals surface area contributed by atoms with Gasteiger partial charge in [-0.25, -0.2) is 0 Å². The third-order valence-corrected chi connectivity index (χ3v) is 5.62. The summed E-state index contributed by atoms with van der Waals surface area (Å²) in [6.45, 7) is 7.41. The van der Waals surface area contributed by atoms with Crippen LogP contribution >= 0.6 is 0 Å². The number of benzene rings is 1. The van der Waals surface area contributed by atoms with Gasteiger partial charge in [-0.05, 0) is 51.0 Å². The Balaban J connectivity index is 1.66. The molecule has 1 fully saturated rings. The number of hydrogen-bond acceptors (Lipinski definition) is 5. The van der Waals surface area contributed by atoms with E-state index in [4.69, 9.17) is 0 Å². The molecule has 0 aromatic heterocycles. The van der Waals surface area contributed by atoms with Gasteiger partial charge in [0, 0.05) is 13.0 Å². The zero-order valence-corrected chi connectivity index (χ0v) is 16.5. The fourth-order valence-electron chi connectivity index (χ4n) is 3.93. The van der Waals surface area contributed by atoms with Gasteiger partial charge in [-0.2, -0.15) is 0 Å². The molecule has 28 heavy (non-hydrogen) atoms. The number of hydrogen-bond donors (Lipinski definition) is 0. The quantitative estimate of drug-likeness (QED) is 0.505. The fourth-order valence-corrected chi connectivity index (χ4v) is 3.93. The second-order valence-electron chi connectivity index (χ2n) is 7.20. The first kappa shape index (κ1) is 20.2. The van der Waals surface area contributed by atoms with Crippen molar-refractivity contribution in [2.45, 2.75) is 45.6 Å². The van der Waals surface area contributed by atoms with Gasteiger partial charge >= 0.3 is 0 Å². The molecule has 0 saturated carbocycles. The van der Waals surface area contributed by atoms with Crippen LogP contribution in [0.25, 0.3) is 0 Å². The van der Waals surface area contributed by atoms with Gasteiger partial charge in [0.25, 0.3) is 17.7 Å². The van der Waals surface area contributed by atoms with Crippen molar-refractivity contribution in [2.24, 2.45) is 0 Å². The minimum absolute atomic E-state index is 0.167. The molecule has 1 saturated heterocycles. The van der Waals surface area contributed by atoms with Crippen LogP contribution in [0.2, 0.25) is 0 Å². The second-order valence-corrected chi connectivity index (χ2v) is 7.20. The summed E-state index contributed by atoms with van der Waals surface area (Å²) in [7, 11) is 0. The zero-order valence-electron chi connectivity index (χ0n) is 16.5. The predicted octanol–water partition coefficient (Wildman–Crippen LogP) is 1.92. The summed E-state index contributed by atoms with van der Waals surface area (Å²) in [6.07, 6.45) is 1.96. The minimum Gasteiger partial charge on any atom is -0.304 e. The van der Waals surface area contributed by atoms with Crippen LogP contribution in [0, 0.1) is 0 Å². The number of rotatable bonds is 8. The molecule has 150 valence electrons. The Morgan fingerprint density at radius 3 is 2.14 bits per heavy atom. The lowest BCUT2D eigenvalue weighted by molar-refractivity contribution is -0.151. The minimum atomic E-state index is -0.895. The molecule has 2 aliphatic rings. The van der Waals surface area contributed by atoms with E-state index in [1.54, 1.807) is 24.3 Å². The third-order valence-electron chi connectivity index (χ3n) is 5.62. The lowest BCUT2D eigenvalue weighted by Gasteiger charge is -2.34. The van der Waals surface area contributed by atoms with Crippen molar-refractivity contribution in [3.05, 3.63) is 35.4 Å². The lowest BCUT2D eigenvalue weighted by Crippen LogP contribution is -2.56. The van der Waals surface area contributed by atoms with Crippen LogP contribution < -0.4 is 0 Å². The molecule has 1 aromatic rings. The van der Waals surface area contributed by atoms with Gasteiger partial charge in [0.2, 0.25) is 5.91 Å². The molecule has 2 heterocycles. The summed E-state index contributed by atoms with van der Waals surface area (Å²) in [6, 6.07) is 5.69. The largest absolute Gasteiger partial charge is 0.304 e. The van der Waals surface area contributed by atoms with Crippen molar-refractivity contribution in [2.75, 3.05) is 26.2 Å². The molecule has 7 nitrogen and oxygen atoms in total. The number of imide groups is 2. The van der Waals surface area contributed by atoms with Gasteiger partial charge in [0.05, 0.1) is 11.1 Å². The van der Waals surface area contributed by atoms with Crippen LogP contribution in [-0.4, -0.2) is 70.5 Å². The first-order chi connectivity index (χ1) is 13.5. The summed E-state index contributed by atoms with van der Waals surface area (Å²) in [5.74, 6) is -1.56. The molecule has 2 aliphatic heterocycles. The molecule has 0 spiro atoms. The summed E-state index contributed by atoms with van der Waals surface area (Å²) >= 11 is 0. The van der Waals surface area contributed by atoms with Crippen LogP contribution in [0.3, 0.4) is 0 Å². The van der Waals surface area contributed by atoms with Gasteiger partial charge in [-0.15, -0.1) is 0 Å². The standard InChI is InChI=1S/C21H27N3O4/c1-3-22(4-2)13-7-8-14-23-18(25)12-11-17(21(23)28)24-19(26)15-9-5-6-10-16(15)20(24)27/h5-6,9-10,17H,3-4,7-8,11-14H2,1-2H3. The smallest absolute Gasteiger partial charge is 0.262 e. The monoisotopic (exact) mass is 385 g/mol. The molecule has 0 N–H and O–H groups in total. The molecule has 4 amide bonds. The Morgan fingerprint density at radius 1 is 0.964 bits per heavy atom. The highest BCUT2D eigenvalue weighted by Crippen LogP contribution is 2.29. The van der Waals surface area contributed by atoms with Crippen molar-refractivity contribution in [1.29, 1.82) is 0 Å². The van der Waals surface area contributed by atoms with Crippen molar-refractivity contribution < 1.29 is 19.2 Å². The molecule has 0 bridgehead atoms. The molecular weight excluding hydrogens is 358 g/mol. The zero-order chi connectivity index (χ0) is 20.3. The number of carbonyl (C=O) groups is 4. The molecular formula is C21H27N3O4. The summed E-state index contributed by atoms with van der Waals surface area (Å²) in [5, 5.41) is 0. The van der Waals surface area contributed by atoms with E-state index in [1.165, 1.54) is 4.90 Å². The van der Waals surface area contributed by atoms with Crippen molar-refractivity contribution in [1.82, 2.24) is 14.7 Å². The summed E-state index contributed by atoms with van der Waals surface area (Å²) in [5.41, 5.74) is 0.644. The maximum Gasteiger partial charge on any atom is 0.262 e. The Kier molecular flexibility index (Phi) is 6.24. The average molecular weight is 385 g/mol. The molecule has 1 unspecified atom stereocenters. The number of likely N-dealkylation sites (tertiary alicyclic amines) is 1. The number of piperidine rings is 1. The first-order valence-corrected chi connectivity index (χ1v) is 10.0. The van der Waals surface area contributed by atoms with Crippen LogP contribution in [0.5, 0.6) is 0 Å². The van der Waals surface area contributed by atoms with Gasteiger partial charge in [-0.3, -0.25) is 29.0 Å². The molecule has 3 rings (SSSR count). The maximum absolute atomic E-state index is 13.0. The highest BCUT2D eigenvalue weighted by Gasteiger charge is 2.46. The highest BCUT2D eigenvalue weighted by molar-refractivity contribution is 6.23. The molecule has 0 aliphatic carbocycles. The van der Waals surface area contributed by atoms with E-state index in [-0.39, 0.29) is 18.7 Å². The summed E-state index contributed by atoms with van der Waals surface area (Å²) < 4.78 is 0. The van der Waals surface area contributed by atoms with Gasteiger partial charge < -0.3 is 4.90 Å². The van der Waals surface area contributed by atoms with Gasteiger partial charge in [0.1, 0.15) is 6.04 Å². The van der Waals surface area contributed by atoms with E-state index in [0.29, 0.717) is 24.1 Å². The van der Waals surface area contributed by atoms with E-state index in [9.17, 15) is 19.2 Å². The Labute approximate surface area is 165 Å². The number of amides is 4. The SMILES string of the molecule is CCN(CC)CCCCN1C(=O)CCC(N2C(=O)c3ccccc3C2=O)C1=O. The molecule has 1 aromatic carbocycles. The van der Waals surface area contributed by atoms with Crippen LogP contribution in [0.4, 0.5) is 0 Å². The summed E-state index contributed by atoms with van der Waals surface area (Å²) in [4.78, 5) is 55.2. The van der Waals surface area contributed by atoms with E-state index >= 15 is 0 Å². The Hall–Kier alpha value is -2.54. The second kappa shape index (κ2) is 8.65. The number of unbranched alkanes of at least 4 members (excludes halogenated alkanes) is 1. The van der Waals surface area contributed by atoms with Crippen molar-refractivity contribution in [3.8, 4) is 0 Å². The highest BCUT2D eigenvalue weighted by atomic mass is 16.2. The van der Waals surface area contributed by atoms with Gasteiger partial charge in [-0.1, -0.05) is 26.0 Å². The Bertz CT molecular complexity index is 753. The van der Waals surface area contributed by atoms with E-state index in [0.717, 1.165) is 31.0 Å². The lowest BCUT2D eigenvalue weighted by atomic mass is 10.0. The van der Waals surface area contributed by atoms with E-state index < -0.39 is 23.8 Å². The fraction of sp³-hybridized carbons (Fsp3) is 0.524. The van der Waals surface area contributed by atoms with Gasteiger partial charge in [0.15, 0.2) is 0 Å². The van der Waals surface area contributed by atoms with Crippen molar-refractivity contribution in [3.63, 3.8) is 0 Å². The van der Waals surface area contributed by atoms with Crippen LogP contribution in [0.15, 0.2) is 24.3 Å². The number of nitrogens with zero attached hydrogens (tertiary/aromatic N) is 3. The molecule has 0 radical (unpaired) electrons. The van der Waals surface area contributed by atoms with Crippen LogP contribution in [0.1, 0.15) is 60.2 Å². The number of fused-ring (bicyclic) bond motifs is 1. The average Bonchev–Trinajstić information content (AvgIpc) is 2.95. The van der Waals surface area contributed by atoms with E-state index in [2.05, 4.69) is 18.7 Å². The van der Waals surface area contributed by atoms with Crippen LogP contribution in [-0.2, 0) is 9.59 Å². The maximum atomic E-state index is 13.0. The molecule has 7 heteroatoms. The van der Waals surface area contributed by atoms with E-state index in [1.807, 2.05) is 0 Å². The Morgan fingerprint density at radius 2 is 1.57 bits per heavy atom. The first-order valence-electron chi connectivity index (χ1n) is 10.0. The topological polar surface area (TPSA) is 78.0 Å².